The van der Waals surface area contributed by atoms with Gasteiger partial charge in [0.2, 0.25) is 0 Å². The molecule has 0 unspecified atom stereocenters. The number of H-pyrrole nitrogens is 1. The number of carboxylic acids is 1. The number of carbonyl (C=O) groups is 2. The van der Waals surface area contributed by atoms with Gasteiger partial charge in [-0.15, -0.1) is 0 Å². The molecule has 152 valence electrons. The van der Waals surface area contributed by atoms with Crippen molar-refractivity contribution in [2.45, 2.75) is 19.0 Å². The van der Waals surface area contributed by atoms with Crippen LogP contribution in [0.2, 0.25) is 0 Å². The van der Waals surface area contributed by atoms with Gasteiger partial charge in [0.1, 0.15) is 18.4 Å². The van der Waals surface area contributed by atoms with E-state index < -0.39 is 35.6 Å². The van der Waals surface area contributed by atoms with Crippen LogP contribution < -0.4 is 10.7 Å². The van der Waals surface area contributed by atoms with Crippen molar-refractivity contribution >= 4 is 17.5 Å². The van der Waals surface area contributed by atoms with Crippen LogP contribution in [0.4, 0.5) is 13.2 Å². The number of nitrogens with one attached hydrogen (secondary N) is 2. The molecule has 1 aromatic carbocycles. The number of hydrogen-bond acceptors (Lipinski definition) is 4. The number of nitrogens with zero attached hydrogens (tertiary/aromatic N) is 2. The van der Waals surface area contributed by atoms with Gasteiger partial charge in [0.25, 0.3) is 5.91 Å². The largest absolute Gasteiger partial charge is 0.480 e. The third-order valence-electron chi connectivity index (χ3n) is 4.22. The fraction of sp³-hybridized carbons (Fsp3) is 0.222. The number of alkyl halides is 3. The van der Waals surface area contributed by atoms with Gasteiger partial charge in [-0.1, -0.05) is 12.1 Å². The van der Waals surface area contributed by atoms with E-state index in [1.54, 1.807) is 0 Å². The molecule has 3 N–H and O–H groups in total. The molecule has 2 heterocycles. The molecule has 0 fully saturated rings. The van der Waals surface area contributed by atoms with Gasteiger partial charge >= 0.3 is 12.1 Å². The normalized spacial score (nSPS) is 11.6. The van der Waals surface area contributed by atoms with E-state index in [0.29, 0.717) is 24.1 Å². The summed E-state index contributed by atoms with van der Waals surface area (Å²) in [4.78, 5) is 39.1. The fourth-order valence-electron chi connectivity index (χ4n) is 2.83. The van der Waals surface area contributed by atoms with Crippen molar-refractivity contribution in [3.8, 4) is 0 Å². The molecule has 0 spiro atoms. The van der Waals surface area contributed by atoms with Crippen molar-refractivity contribution in [1.29, 1.82) is 0 Å². The van der Waals surface area contributed by atoms with Crippen LogP contribution in [0.3, 0.4) is 0 Å². The zero-order chi connectivity index (χ0) is 21.2. The second kappa shape index (κ2) is 7.78. The monoisotopic (exact) mass is 408 g/mol. The average molecular weight is 408 g/mol. The Morgan fingerprint density at radius 2 is 1.86 bits per heavy atom. The molecule has 0 bridgehead atoms. The summed E-state index contributed by atoms with van der Waals surface area (Å²) in [6.45, 7) is -0.648. The molecule has 0 aliphatic rings. The highest BCUT2D eigenvalue weighted by Gasteiger charge is 2.29. The topological polar surface area (TPSA) is 117 Å². The van der Waals surface area contributed by atoms with Gasteiger partial charge in [-0.05, 0) is 30.5 Å². The Hall–Kier alpha value is -3.63. The molecule has 0 radical (unpaired) electrons. The third kappa shape index (κ3) is 4.45. The van der Waals surface area contributed by atoms with E-state index in [1.807, 2.05) is 0 Å². The average Bonchev–Trinajstić information content (AvgIpc) is 3.13. The molecule has 0 atom stereocenters. The van der Waals surface area contributed by atoms with Crippen LogP contribution in [0, 0.1) is 0 Å². The number of halogens is 3. The molecule has 3 aromatic rings. The summed E-state index contributed by atoms with van der Waals surface area (Å²) in [5, 5.41) is 13.5. The number of aryl methyl sites for hydroxylation is 2. The summed E-state index contributed by atoms with van der Waals surface area (Å²) in [6.07, 6.45) is -2.50. The molecule has 2 aromatic heterocycles. The molecule has 0 aliphatic carbocycles. The number of carboxylic acid groups (broad SMARTS) is 1. The van der Waals surface area contributed by atoms with Gasteiger partial charge in [0.15, 0.2) is 11.1 Å². The van der Waals surface area contributed by atoms with Crippen LogP contribution in [0.1, 0.15) is 27.2 Å². The number of aromatic amines is 1. The number of fused-ring (bicyclic) bond motifs is 1. The first-order valence-electron chi connectivity index (χ1n) is 8.41. The lowest BCUT2D eigenvalue weighted by molar-refractivity contribution is -0.138. The van der Waals surface area contributed by atoms with Gasteiger partial charge in [0, 0.05) is 11.8 Å². The van der Waals surface area contributed by atoms with E-state index in [1.165, 1.54) is 29.0 Å². The van der Waals surface area contributed by atoms with E-state index >= 15 is 0 Å². The SMILES string of the molecule is O=C(O)CNC(=O)c1c(=O)cc(CCc2ccc(C(F)(F)F)cc2)n2[nH]cnc12. The molecule has 29 heavy (non-hydrogen) atoms. The Morgan fingerprint density at radius 3 is 2.48 bits per heavy atom. The summed E-state index contributed by atoms with van der Waals surface area (Å²) >= 11 is 0. The van der Waals surface area contributed by atoms with Crippen LogP contribution >= 0.6 is 0 Å². The van der Waals surface area contributed by atoms with Gasteiger partial charge in [-0.25, -0.2) is 9.50 Å². The first-order valence-corrected chi connectivity index (χ1v) is 8.41. The van der Waals surface area contributed by atoms with Crippen molar-refractivity contribution in [1.82, 2.24) is 19.9 Å². The van der Waals surface area contributed by atoms with Gasteiger partial charge in [-0.2, -0.15) is 13.2 Å². The summed E-state index contributed by atoms with van der Waals surface area (Å²) in [5.41, 5.74) is -0.541. The molecule has 0 aliphatic heterocycles. The van der Waals surface area contributed by atoms with E-state index in [9.17, 15) is 27.6 Å². The maximum atomic E-state index is 12.6. The number of hydrogen-bond donors (Lipinski definition) is 3. The number of amides is 1. The number of aromatic nitrogens is 3. The fourth-order valence-corrected chi connectivity index (χ4v) is 2.83. The summed E-state index contributed by atoms with van der Waals surface area (Å²) < 4.78 is 39.3. The Kier molecular flexibility index (Phi) is 5.39. The Balaban J connectivity index is 1.83. The first-order chi connectivity index (χ1) is 13.7. The zero-order valence-electron chi connectivity index (χ0n) is 14.8. The van der Waals surface area contributed by atoms with Gasteiger partial charge in [-0.3, -0.25) is 19.5 Å². The van der Waals surface area contributed by atoms with Crippen molar-refractivity contribution < 1.29 is 27.9 Å². The van der Waals surface area contributed by atoms with Crippen LogP contribution in [-0.4, -0.2) is 38.1 Å². The lowest BCUT2D eigenvalue weighted by Gasteiger charge is -2.10. The molecule has 1 amide bonds. The van der Waals surface area contributed by atoms with E-state index in [4.69, 9.17) is 5.11 Å². The molecule has 11 heteroatoms. The number of carbonyl (C=O) groups excluding carboxylic acids is 1. The maximum Gasteiger partial charge on any atom is 0.416 e. The summed E-state index contributed by atoms with van der Waals surface area (Å²) in [7, 11) is 0. The second-order valence-electron chi connectivity index (χ2n) is 6.19. The number of aliphatic carboxylic acids is 1. The van der Waals surface area contributed by atoms with Crippen LogP contribution in [0.5, 0.6) is 0 Å². The Labute approximate surface area is 161 Å². The number of benzene rings is 1. The summed E-state index contributed by atoms with van der Waals surface area (Å²) in [6, 6.07) is 5.92. The Bertz CT molecular complexity index is 1120. The highest BCUT2D eigenvalue weighted by molar-refractivity contribution is 6.00. The van der Waals surface area contributed by atoms with Crippen LogP contribution in [0.25, 0.3) is 5.65 Å². The molecule has 8 nitrogen and oxygen atoms in total. The predicted molar refractivity (Wildman–Crippen MR) is 94.6 cm³/mol. The number of rotatable bonds is 6. The summed E-state index contributed by atoms with van der Waals surface area (Å²) in [5.74, 6) is -2.12. The van der Waals surface area contributed by atoms with Crippen LogP contribution in [0.15, 0.2) is 41.5 Å². The van der Waals surface area contributed by atoms with Crippen molar-refractivity contribution in [2.75, 3.05) is 6.54 Å². The minimum absolute atomic E-state index is 0.0304. The highest BCUT2D eigenvalue weighted by Crippen LogP contribution is 2.29. The lowest BCUT2D eigenvalue weighted by Crippen LogP contribution is -2.33. The first kappa shape index (κ1) is 20.1. The predicted octanol–water partition coefficient (Wildman–Crippen LogP) is 1.64. The molecular weight excluding hydrogens is 393 g/mol. The van der Waals surface area contributed by atoms with Gasteiger partial charge < -0.3 is 10.4 Å². The third-order valence-corrected chi connectivity index (χ3v) is 4.22. The lowest BCUT2D eigenvalue weighted by atomic mass is 10.0. The van der Waals surface area contributed by atoms with Crippen LogP contribution in [-0.2, 0) is 23.8 Å². The quantitative estimate of drug-likeness (QED) is 0.573. The van der Waals surface area contributed by atoms with E-state index in [-0.39, 0.29) is 11.2 Å². The second-order valence-corrected chi connectivity index (χ2v) is 6.19. The van der Waals surface area contributed by atoms with Gasteiger partial charge in [0.05, 0.1) is 5.56 Å². The van der Waals surface area contributed by atoms with Crippen molar-refractivity contribution in [2.24, 2.45) is 0 Å². The molecular formula is C18H15F3N4O4. The zero-order valence-corrected chi connectivity index (χ0v) is 14.8. The minimum atomic E-state index is -4.41. The van der Waals surface area contributed by atoms with Crippen molar-refractivity contribution in [3.05, 3.63) is 69.3 Å². The van der Waals surface area contributed by atoms with E-state index in [2.05, 4.69) is 15.4 Å². The Morgan fingerprint density at radius 1 is 1.17 bits per heavy atom. The standard InChI is InChI=1S/C18H15F3N4O4/c19-18(20,21)11-4-1-10(2-5-11)3-6-12-7-13(26)15(16-23-9-24-25(12)16)17(29)22-8-14(27)28/h1-2,4-5,7,9H,3,6,8H2,(H,22,29)(H,23,24)(H,27,28). The van der Waals surface area contributed by atoms with Crippen molar-refractivity contribution in [3.63, 3.8) is 0 Å². The maximum absolute atomic E-state index is 12.6. The molecule has 0 saturated heterocycles. The highest BCUT2D eigenvalue weighted by atomic mass is 19.4. The minimum Gasteiger partial charge on any atom is -0.480 e. The molecule has 0 saturated carbocycles. The number of pyridine rings is 1. The van der Waals surface area contributed by atoms with E-state index in [0.717, 1.165) is 12.1 Å². The molecule has 3 rings (SSSR count). The smallest absolute Gasteiger partial charge is 0.416 e.